The van der Waals surface area contributed by atoms with E-state index in [2.05, 4.69) is 34.0 Å². The summed E-state index contributed by atoms with van der Waals surface area (Å²) in [5, 5.41) is 3.03. The summed E-state index contributed by atoms with van der Waals surface area (Å²) in [7, 11) is 0. The summed E-state index contributed by atoms with van der Waals surface area (Å²) in [5.41, 5.74) is 2.36. The van der Waals surface area contributed by atoms with Gasteiger partial charge < -0.3 is 14.7 Å². The van der Waals surface area contributed by atoms with Crippen LogP contribution in [0.1, 0.15) is 41.8 Å². The lowest BCUT2D eigenvalue weighted by Gasteiger charge is -2.28. The Labute approximate surface area is 147 Å². The Bertz CT molecular complexity index is 834. The number of nitrogens with zero attached hydrogens (tertiary/aromatic N) is 2. The van der Waals surface area contributed by atoms with Crippen molar-refractivity contribution in [1.82, 2.24) is 20.2 Å². The second kappa shape index (κ2) is 7.53. The standard InChI is InChI=1S/C19H24N4O2/c1-4-23(5-2)17(18-7-6-10-25-18)12-20-19(24)14-8-9-15-16(11-14)22-13(3)21-15/h6-11,17H,4-5,12H2,1-3H3,(H,20,24)(H,21,22)/t17-/m1/s1. The third-order valence-corrected chi connectivity index (χ3v) is 4.44. The molecule has 2 aromatic heterocycles. The quantitative estimate of drug-likeness (QED) is 0.692. The van der Waals surface area contributed by atoms with Gasteiger partial charge >= 0.3 is 0 Å². The fourth-order valence-corrected chi connectivity index (χ4v) is 3.12. The van der Waals surface area contributed by atoms with Crippen LogP contribution in [-0.2, 0) is 0 Å². The monoisotopic (exact) mass is 340 g/mol. The first-order chi connectivity index (χ1) is 12.1. The summed E-state index contributed by atoms with van der Waals surface area (Å²) < 4.78 is 5.57. The van der Waals surface area contributed by atoms with Crippen molar-refractivity contribution in [3.05, 3.63) is 53.7 Å². The van der Waals surface area contributed by atoms with Crippen LogP contribution < -0.4 is 5.32 Å². The Hall–Kier alpha value is -2.60. The van der Waals surface area contributed by atoms with Gasteiger partial charge in [-0.15, -0.1) is 0 Å². The number of imidazole rings is 1. The Kier molecular flexibility index (Phi) is 5.19. The highest BCUT2D eigenvalue weighted by Crippen LogP contribution is 2.20. The van der Waals surface area contributed by atoms with Crippen molar-refractivity contribution < 1.29 is 9.21 Å². The van der Waals surface area contributed by atoms with Gasteiger partial charge in [0.15, 0.2) is 0 Å². The number of rotatable bonds is 7. The van der Waals surface area contributed by atoms with E-state index in [0.717, 1.165) is 35.7 Å². The summed E-state index contributed by atoms with van der Waals surface area (Å²) in [5.74, 6) is 1.61. The first kappa shape index (κ1) is 17.2. The Morgan fingerprint density at radius 1 is 1.32 bits per heavy atom. The molecule has 0 bridgehead atoms. The fourth-order valence-electron chi connectivity index (χ4n) is 3.12. The van der Waals surface area contributed by atoms with Crippen LogP contribution in [0.5, 0.6) is 0 Å². The summed E-state index contributed by atoms with van der Waals surface area (Å²) in [6, 6.07) is 9.35. The van der Waals surface area contributed by atoms with Gasteiger partial charge in [0.05, 0.1) is 23.3 Å². The van der Waals surface area contributed by atoms with E-state index < -0.39 is 0 Å². The number of amides is 1. The molecular formula is C19H24N4O2. The minimum absolute atomic E-state index is 0.0204. The summed E-state index contributed by atoms with van der Waals surface area (Å²) in [6.07, 6.45) is 1.67. The second-order valence-electron chi connectivity index (χ2n) is 6.02. The van der Waals surface area contributed by atoms with Crippen molar-refractivity contribution >= 4 is 16.9 Å². The van der Waals surface area contributed by atoms with Crippen molar-refractivity contribution in [2.24, 2.45) is 0 Å². The number of carbonyl (C=O) groups excluding carboxylic acids is 1. The third kappa shape index (κ3) is 3.74. The van der Waals surface area contributed by atoms with Crippen molar-refractivity contribution in [2.45, 2.75) is 26.8 Å². The van der Waals surface area contributed by atoms with Gasteiger partial charge in [0.25, 0.3) is 5.91 Å². The Morgan fingerprint density at radius 2 is 2.12 bits per heavy atom. The normalized spacial score (nSPS) is 12.6. The molecule has 1 amide bonds. The number of hydrogen-bond acceptors (Lipinski definition) is 4. The third-order valence-electron chi connectivity index (χ3n) is 4.44. The van der Waals surface area contributed by atoms with E-state index in [1.54, 1.807) is 12.3 Å². The van der Waals surface area contributed by atoms with Gasteiger partial charge in [-0.25, -0.2) is 4.98 Å². The highest BCUT2D eigenvalue weighted by Gasteiger charge is 2.21. The first-order valence-corrected chi connectivity index (χ1v) is 8.64. The molecule has 2 N–H and O–H groups in total. The zero-order valence-electron chi connectivity index (χ0n) is 14.9. The average molecular weight is 340 g/mol. The van der Waals surface area contributed by atoms with E-state index in [4.69, 9.17) is 4.42 Å². The molecule has 0 radical (unpaired) electrons. The van der Waals surface area contributed by atoms with E-state index in [-0.39, 0.29) is 11.9 Å². The zero-order valence-corrected chi connectivity index (χ0v) is 14.9. The van der Waals surface area contributed by atoms with Crippen molar-refractivity contribution in [3.63, 3.8) is 0 Å². The van der Waals surface area contributed by atoms with Crippen molar-refractivity contribution in [3.8, 4) is 0 Å². The SMILES string of the molecule is CCN(CC)[C@H](CNC(=O)c1ccc2nc(C)[nH]c2c1)c1ccco1. The number of nitrogens with one attached hydrogen (secondary N) is 2. The summed E-state index contributed by atoms with van der Waals surface area (Å²) in [6.45, 7) is 8.38. The number of hydrogen-bond donors (Lipinski definition) is 2. The van der Waals surface area contributed by atoms with Crippen LogP contribution in [-0.4, -0.2) is 40.4 Å². The van der Waals surface area contributed by atoms with Gasteiger partial charge in [-0.1, -0.05) is 13.8 Å². The Balaban J connectivity index is 1.73. The molecule has 0 aliphatic rings. The molecule has 0 fully saturated rings. The molecule has 25 heavy (non-hydrogen) atoms. The van der Waals surface area contributed by atoms with Crippen LogP contribution in [0.25, 0.3) is 11.0 Å². The Morgan fingerprint density at radius 3 is 2.80 bits per heavy atom. The molecule has 0 aliphatic heterocycles. The van der Waals surface area contributed by atoms with Gasteiger partial charge in [-0.05, 0) is 50.3 Å². The number of benzene rings is 1. The van der Waals surface area contributed by atoms with Crippen LogP contribution in [0.15, 0.2) is 41.0 Å². The number of H-pyrrole nitrogens is 1. The largest absolute Gasteiger partial charge is 0.468 e. The molecule has 6 heteroatoms. The number of fused-ring (bicyclic) bond motifs is 1. The maximum Gasteiger partial charge on any atom is 0.251 e. The number of carbonyl (C=O) groups is 1. The summed E-state index contributed by atoms with van der Waals surface area (Å²) in [4.78, 5) is 22.4. The second-order valence-corrected chi connectivity index (χ2v) is 6.02. The zero-order chi connectivity index (χ0) is 17.8. The maximum absolute atomic E-state index is 12.6. The molecule has 1 aromatic carbocycles. The predicted octanol–water partition coefficient (Wildman–Crippen LogP) is 3.28. The molecule has 0 saturated heterocycles. The molecule has 0 spiro atoms. The minimum Gasteiger partial charge on any atom is -0.468 e. The molecule has 0 aliphatic carbocycles. The van der Waals surface area contributed by atoms with Gasteiger partial charge in [-0.3, -0.25) is 9.69 Å². The molecule has 3 rings (SSSR count). The van der Waals surface area contributed by atoms with Crippen molar-refractivity contribution in [1.29, 1.82) is 0 Å². The highest BCUT2D eigenvalue weighted by atomic mass is 16.3. The topological polar surface area (TPSA) is 74.2 Å². The lowest BCUT2D eigenvalue weighted by atomic mass is 10.1. The number of furan rings is 1. The molecule has 6 nitrogen and oxygen atoms in total. The smallest absolute Gasteiger partial charge is 0.251 e. The molecule has 3 aromatic rings. The van der Waals surface area contributed by atoms with Gasteiger partial charge in [0, 0.05) is 12.1 Å². The molecular weight excluding hydrogens is 316 g/mol. The van der Waals surface area contributed by atoms with E-state index in [1.807, 2.05) is 31.2 Å². The number of likely N-dealkylation sites (N-methyl/N-ethyl adjacent to an activating group) is 1. The van der Waals surface area contributed by atoms with E-state index >= 15 is 0 Å². The number of aromatic amines is 1. The van der Waals surface area contributed by atoms with Crippen LogP contribution in [0.4, 0.5) is 0 Å². The maximum atomic E-state index is 12.6. The minimum atomic E-state index is -0.0992. The first-order valence-electron chi connectivity index (χ1n) is 8.64. The van der Waals surface area contributed by atoms with Crippen LogP contribution in [0, 0.1) is 6.92 Å². The molecule has 1 atom stereocenters. The average Bonchev–Trinajstić information content (AvgIpc) is 3.26. The fraction of sp³-hybridized carbons (Fsp3) is 0.368. The highest BCUT2D eigenvalue weighted by molar-refractivity contribution is 5.97. The number of aryl methyl sites for hydroxylation is 1. The van der Waals surface area contributed by atoms with Crippen LogP contribution in [0.3, 0.4) is 0 Å². The summed E-state index contributed by atoms with van der Waals surface area (Å²) >= 11 is 0. The lowest BCUT2D eigenvalue weighted by Crippen LogP contribution is -2.37. The lowest BCUT2D eigenvalue weighted by molar-refractivity contribution is 0.0930. The van der Waals surface area contributed by atoms with Crippen molar-refractivity contribution in [2.75, 3.05) is 19.6 Å². The van der Waals surface area contributed by atoms with Gasteiger partial charge in [0.1, 0.15) is 11.6 Å². The van der Waals surface area contributed by atoms with Gasteiger partial charge in [-0.2, -0.15) is 0 Å². The molecule has 0 saturated carbocycles. The van der Waals surface area contributed by atoms with E-state index in [0.29, 0.717) is 12.1 Å². The van der Waals surface area contributed by atoms with E-state index in [9.17, 15) is 4.79 Å². The van der Waals surface area contributed by atoms with Gasteiger partial charge in [0.2, 0.25) is 0 Å². The van der Waals surface area contributed by atoms with Crippen LogP contribution in [0.2, 0.25) is 0 Å². The van der Waals surface area contributed by atoms with E-state index in [1.165, 1.54) is 0 Å². The molecule has 0 unspecified atom stereocenters. The molecule has 2 heterocycles. The molecule has 132 valence electrons. The number of aromatic nitrogens is 2. The van der Waals surface area contributed by atoms with Crippen LogP contribution >= 0.6 is 0 Å². The predicted molar refractivity (Wildman–Crippen MR) is 97.5 cm³/mol.